The molecule has 0 radical (unpaired) electrons. The zero-order chi connectivity index (χ0) is 25.3. The first-order valence-corrected chi connectivity index (χ1v) is 13.9. The zero-order valence-corrected chi connectivity index (χ0v) is 21.2. The summed E-state index contributed by atoms with van der Waals surface area (Å²) in [5.74, 6) is 1.46. The van der Waals surface area contributed by atoms with Crippen LogP contribution < -0.4 is 13.7 Å². The van der Waals surface area contributed by atoms with Crippen LogP contribution in [0.1, 0.15) is 24.5 Å². The quantitative estimate of drug-likeness (QED) is 0.137. The van der Waals surface area contributed by atoms with Crippen molar-refractivity contribution >= 4 is 27.8 Å². The van der Waals surface area contributed by atoms with Gasteiger partial charge in [-0.1, -0.05) is 31.2 Å². The van der Waals surface area contributed by atoms with E-state index in [0.717, 1.165) is 34.5 Å². The molecule has 0 aliphatic heterocycles. The van der Waals surface area contributed by atoms with Crippen LogP contribution in [0.15, 0.2) is 71.6 Å². The molecule has 0 aromatic heterocycles. The number of hydrogen-bond donors (Lipinski definition) is 0. The highest BCUT2D eigenvalue weighted by Gasteiger charge is 2.14. The molecule has 0 saturated carbocycles. The summed E-state index contributed by atoms with van der Waals surface area (Å²) in [7, 11) is -3.59. The lowest BCUT2D eigenvalue weighted by atomic mass is 10.1. The maximum atomic E-state index is 13.1. The molecule has 0 unspecified atom stereocenters. The molecule has 0 bridgehead atoms. The van der Waals surface area contributed by atoms with Gasteiger partial charge in [0.15, 0.2) is 0 Å². The van der Waals surface area contributed by atoms with Crippen LogP contribution in [-0.4, -0.2) is 33.0 Å². The van der Waals surface area contributed by atoms with Crippen LogP contribution in [0.3, 0.4) is 0 Å². The van der Waals surface area contributed by atoms with Gasteiger partial charge in [-0.3, -0.25) is 4.79 Å². The summed E-state index contributed by atoms with van der Waals surface area (Å²) in [5.41, 5.74) is 1.87. The number of carbonyl (C=O) groups excluding carboxylic acids is 1. The number of benzene rings is 3. The monoisotopic (exact) mass is 518 g/mol. The normalized spacial score (nSPS) is 11.2. The predicted molar refractivity (Wildman–Crippen MR) is 134 cm³/mol. The van der Waals surface area contributed by atoms with Gasteiger partial charge in [0.25, 0.3) is 0 Å². The first-order chi connectivity index (χ1) is 16.7. The molecule has 9 heteroatoms. The molecule has 3 aromatic carbocycles. The van der Waals surface area contributed by atoms with Crippen molar-refractivity contribution in [1.82, 2.24) is 0 Å². The lowest BCUT2D eigenvalue weighted by Gasteiger charge is -2.15. The van der Waals surface area contributed by atoms with E-state index >= 15 is 0 Å². The Balaban J connectivity index is 1.64. The second kappa shape index (κ2) is 12.6. The van der Waals surface area contributed by atoms with Gasteiger partial charge in [0.1, 0.15) is 23.1 Å². The van der Waals surface area contributed by atoms with Crippen LogP contribution >= 0.6 is 11.8 Å². The molecular formula is C26H27FO6S2. The van der Waals surface area contributed by atoms with Gasteiger partial charge in [0.05, 0.1) is 17.8 Å². The topological polar surface area (TPSA) is 78.9 Å². The number of hydrogen-bond acceptors (Lipinski definition) is 7. The Kier molecular flexibility index (Phi) is 9.56. The fourth-order valence-electron chi connectivity index (χ4n) is 3.15. The van der Waals surface area contributed by atoms with E-state index in [1.165, 1.54) is 24.3 Å². The fraction of sp³-hybridized carbons (Fsp3) is 0.269. The largest absolute Gasteiger partial charge is 0.493 e. The second-order valence-corrected chi connectivity index (χ2v) is 10.4. The smallest absolute Gasteiger partial charge is 0.310 e. The second-order valence-electron chi connectivity index (χ2n) is 7.65. The first kappa shape index (κ1) is 26.6. The molecule has 0 amide bonds. The number of esters is 1. The summed E-state index contributed by atoms with van der Waals surface area (Å²) >= 11 is 1.57. The molecule has 0 aliphatic rings. The SMILES string of the molecule is CCC(=O)Oc1c(CCOc2ccc(OS(C)(=O)=O)cc2)cccc1SCCc1ccc(F)cc1. The van der Waals surface area contributed by atoms with Crippen LogP contribution in [0.4, 0.5) is 4.39 Å². The van der Waals surface area contributed by atoms with Crippen molar-refractivity contribution in [1.29, 1.82) is 0 Å². The molecule has 0 aliphatic carbocycles. The van der Waals surface area contributed by atoms with Crippen LogP contribution in [0.5, 0.6) is 17.2 Å². The summed E-state index contributed by atoms with van der Waals surface area (Å²) < 4.78 is 51.8. The summed E-state index contributed by atoms with van der Waals surface area (Å²) in [5, 5.41) is 0. The molecular weight excluding hydrogens is 491 g/mol. The predicted octanol–water partition coefficient (Wildman–Crippen LogP) is 5.44. The highest BCUT2D eigenvalue weighted by atomic mass is 32.2. The van der Waals surface area contributed by atoms with Crippen LogP contribution in [0, 0.1) is 5.82 Å². The molecule has 0 saturated heterocycles. The lowest BCUT2D eigenvalue weighted by Crippen LogP contribution is -2.10. The average molecular weight is 519 g/mol. The van der Waals surface area contributed by atoms with E-state index in [2.05, 4.69) is 0 Å². The summed E-state index contributed by atoms with van der Waals surface area (Å²) in [6, 6.07) is 18.4. The molecule has 0 fully saturated rings. The van der Waals surface area contributed by atoms with E-state index in [-0.39, 0.29) is 24.0 Å². The van der Waals surface area contributed by atoms with Crippen molar-refractivity contribution in [2.75, 3.05) is 18.6 Å². The maximum Gasteiger partial charge on any atom is 0.310 e. The Labute approximate surface area is 209 Å². The number of ether oxygens (including phenoxy) is 2. The molecule has 0 spiro atoms. The molecule has 3 aromatic rings. The number of para-hydroxylation sites is 1. The van der Waals surface area contributed by atoms with E-state index in [1.807, 2.05) is 18.2 Å². The Morgan fingerprint density at radius 2 is 1.63 bits per heavy atom. The summed E-state index contributed by atoms with van der Waals surface area (Å²) in [4.78, 5) is 12.9. The van der Waals surface area contributed by atoms with E-state index in [9.17, 15) is 17.6 Å². The summed E-state index contributed by atoms with van der Waals surface area (Å²) in [6.45, 7) is 2.07. The minimum absolute atomic E-state index is 0.207. The maximum absolute atomic E-state index is 13.1. The molecule has 0 heterocycles. The van der Waals surface area contributed by atoms with Crippen molar-refractivity contribution in [3.63, 3.8) is 0 Å². The number of carbonyl (C=O) groups is 1. The highest BCUT2D eigenvalue weighted by molar-refractivity contribution is 7.99. The number of halogens is 1. The third-order valence-corrected chi connectivity index (χ3v) is 6.37. The third-order valence-electron chi connectivity index (χ3n) is 4.84. The van der Waals surface area contributed by atoms with Crippen LogP contribution in [0.2, 0.25) is 0 Å². The Bertz CT molecular complexity index is 1230. The van der Waals surface area contributed by atoms with E-state index in [0.29, 0.717) is 24.5 Å². The minimum atomic E-state index is -3.59. The summed E-state index contributed by atoms with van der Waals surface area (Å²) in [6.07, 6.45) is 2.49. The molecule has 0 atom stereocenters. The Morgan fingerprint density at radius 3 is 2.29 bits per heavy atom. The van der Waals surface area contributed by atoms with Gasteiger partial charge in [0, 0.05) is 18.6 Å². The van der Waals surface area contributed by atoms with Gasteiger partial charge in [-0.15, -0.1) is 11.8 Å². The number of rotatable bonds is 12. The lowest BCUT2D eigenvalue weighted by molar-refractivity contribution is -0.134. The molecule has 0 N–H and O–H groups in total. The van der Waals surface area contributed by atoms with Gasteiger partial charge in [-0.05, 0) is 60.0 Å². The molecule has 35 heavy (non-hydrogen) atoms. The molecule has 6 nitrogen and oxygen atoms in total. The zero-order valence-electron chi connectivity index (χ0n) is 19.5. The van der Waals surface area contributed by atoms with Crippen LogP contribution in [0.25, 0.3) is 0 Å². The van der Waals surface area contributed by atoms with Gasteiger partial charge in [-0.25, -0.2) is 4.39 Å². The van der Waals surface area contributed by atoms with E-state index in [4.69, 9.17) is 13.7 Å². The first-order valence-electron chi connectivity index (χ1n) is 11.1. The van der Waals surface area contributed by atoms with Gasteiger partial charge < -0.3 is 13.7 Å². The van der Waals surface area contributed by atoms with Crippen molar-refractivity contribution < 1.29 is 31.3 Å². The van der Waals surface area contributed by atoms with Gasteiger partial charge >= 0.3 is 16.1 Å². The van der Waals surface area contributed by atoms with Gasteiger partial charge in [-0.2, -0.15) is 8.42 Å². The highest BCUT2D eigenvalue weighted by Crippen LogP contribution is 2.34. The van der Waals surface area contributed by atoms with Gasteiger partial charge in [0.2, 0.25) is 0 Å². The third kappa shape index (κ3) is 8.92. The standard InChI is InChI=1S/C26H27FO6S2/c1-3-25(28)32-26-20(15-17-31-22-11-13-23(14-12-22)33-35(2,29)30)5-4-6-24(26)34-18-16-19-7-9-21(27)10-8-19/h4-14H,3,15-18H2,1-2H3. The van der Waals surface area contributed by atoms with Crippen molar-refractivity contribution in [3.05, 3.63) is 83.7 Å². The van der Waals surface area contributed by atoms with E-state index in [1.54, 1.807) is 43.0 Å². The van der Waals surface area contributed by atoms with Crippen molar-refractivity contribution in [3.8, 4) is 17.2 Å². The van der Waals surface area contributed by atoms with Crippen molar-refractivity contribution in [2.24, 2.45) is 0 Å². The van der Waals surface area contributed by atoms with Crippen molar-refractivity contribution in [2.45, 2.75) is 31.1 Å². The number of aryl methyl sites for hydroxylation is 1. The average Bonchev–Trinajstić information content (AvgIpc) is 2.82. The number of thioether (sulfide) groups is 1. The fourth-order valence-corrected chi connectivity index (χ4v) is 4.65. The molecule has 3 rings (SSSR count). The Morgan fingerprint density at radius 1 is 0.943 bits per heavy atom. The Hall–Kier alpha value is -3.04. The van der Waals surface area contributed by atoms with Crippen LogP contribution in [-0.2, 0) is 27.8 Å². The minimum Gasteiger partial charge on any atom is -0.493 e. The van der Waals surface area contributed by atoms with E-state index < -0.39 is 10.1 Å². The molecule has 186 valence electrons.